The van der Waals surface area contributed by atoms with Crippen molar-refractivity contribution in [3.63, 3.8) is 0 Å². The molecular weight excluding hydrogens is 257 g/mol. The summed E-state index contributed by atoms with van der Waals surface area (Å²) in [4.78, 5) is 14.0. The van der Waals surface area contributed by atoms with Crippen molar-refractivity contribution in [2.45, 2.75) is 0 Å². The Morgan fingerprint density at radius 1 is 1.35 bits per heavy atom. The van der Waals surface area contributed by atoms with Crippen molar-refractivity contribution in [1.29, 1.82) is 0 Å². The molecule has 104 valence electrons. The van der Waals surface area contributed by atoms with E-state index in [1.54, 1.807) is 22.7 Å². The molecule has 0 bridgehead atoms. The number of nitrogens with zero attached hydrogens (tertiary/aromatic N) is 3. The Bertz CT molecular complexity index is 617. The molecule has 5 heteroatoms. The van der Waals surface area contributed by atoms with Crippen LogP contribution in [-0.2, 0) is 7.05 Å². The summed E-state index contributed by atoms with van der Waals surface area (Å²) in [5, 5.41) is 4.38. The zero-order valence-corrected chi connectivity index (χ0v) is 11.3. The molecule has 0 N–H and O–H groups in total. The van der Waals surface area contributed by atoms with E-state index in [1.165, 1.54) is 0 Å². The molecule has 0 atom stereocenters. The molecule has 0 unspecified atom stereocenters. The fourth-order valence-electron chi connectivity index (χ4n) is 2.41. The first-order valence-corrected chi connectivity index (χ1v) is 6.63. The maximum atomic E-state index is 12.4. The Kier molecular flexibility index (Phi) is 3.26. The smallest absolute Gasteiger partial charge is 0.272 e. The van der Waals surface area contributed by atoms with Crippen LogP contribution in [0.25, 0.3) is 11.3 Å². The normalized spacial score (nSPS) is 15.2. The predicted molar refractivity (Wildman–Crippen MR) is 74.0 cm³/mol. The first-order valence-electron chi connectivity index (χ1n) is 6.63. The molecule has 2 heterocycles. The lowest BCUT2D eigenvalue weighted by Crippen LogP contribution is -2.51. The Morgan fingerprint density at radius 3 is 2.70 bits per heavy atom. The number of amides is 1. The molecule has 1 aliphatic rings. The summed E-state index contributed by atoms with van der Waals surface area (Å²) < 4.78 is 14.0. The van der Waals surface area contributed by atoms with E-state index in [0.29, 0.717) is 18.8 Å². The number of aryl methyl sites for hydroxylation is 1. The van der Waals surface area contributed by atoms with Crippen molar-refractivity contribution in [3.05, 3.63) is 42.1 Å². The molecule has 1 saturated heterocycles. The summed E-state index contributed by atoms with van der Waals surface area (Å²) in [6.45, 7) is 0.646. The third kappa shape index (κ3) is 2.19. The van der Waals surface area contributed by atoms with Crippen LogP contribution in [0.5, 0.6) is 0 Å². The van der Waals surface area contributed by atoms with Crippen molar-refractivity contribution < 1.29 is 9.18 Å². The number of carbonyl (C=O) groups excluding carboxylic acids is 1. The number of likely N-dealkylation sites (tertiary alicyclic amines) is 1. The highest BCUT2D eigenvalue weighted by molar-refractivity contribution is 5.94. The molecular formula is C15H16FN3O. The van der Waals surface area contributed by atoms with Gasteiger partial charge in [-0.3, -0.25) is 13.9 Å². The van der Waals surface area contributed by atoms with E-state index < -0.39 is 0 Å². The molecule has 4 nitrogen and oxygen atoms in total. The summed E-state index contributed by atoms with van der Waals surface area (Å²) in [7, 11) is 1.76. The van der Waals surface area contributed by atoms with Gasteiger partial charge in [-0.15, -0.1) is 0 Å². The third-order valence-electron chi connectivity index (χ3n) is 3.63. The van der Waals surface area contributed by atoms with Crippen LogP contribution in [0.2, 0.25) is 0 Å². The number of hydrogen-bond acceptors (Lipinski definition) is 2. The standard InChI is InChI=1S/C15H16FN3O/c1-18-14(15(20)19-9-11(8-16)10-19)7-13(17-18)12-5-3-2-4-6-12/h2-7,11H,8-10H2,1H3. The molecule has 0 saturated carbocycles. The molecule has 1 aromatic heterocycles. The van der Waals surface area contributed by atoms with Crippen LogP contribution in [-0.4, -0.2) is 40.4 Å². The first kappa shape index (κ1) is 12.8. The van der Waals surface area contributed by atoms with Gasteiger partial charge >= 0.3 is 0 Å². The lowest BCUT2D eigenvalue weighted by Gasteiger charge is -2.37. The molecule has 1 aromatic carbocycles. The maximum absolute atomic E-state index is 12.4. The zero-order valence-electron chi connectivity index (χ0n) is 11.3. The minimum atomic E-state index is -0.357. The van der Waals surface area contributed by atoms with Crippen LogP contribution in [0, 0.1) is 5.92 Å². The van der Waals surface area contributed by atoms with Gasteiger partial charge in [0, 0.05) is 31.6 Å². The Morgan fingerprint density at radius 2 is 2.05 bits per heavy atom. The van der Waals surface area contributed by atoms with Gasteiger partial charge in [-0.25, -0.2) is 0 Å². The maximum Gasteiger partial charge on any atom is 0.272 e. The van der Waals surface area contributed by atoms with Crippen molar-refractivity contribution in [2.75, 3.05) is 19.8 Å². The largest absolute Gasteiger partial charge is 0.336 e. The average molecular weight is 273 g/mol. The molecule has 0 radical (unpaired) electrons. The van der Waals surface area contributed by atoms with Crippen molar-refractivity contribution in [2.24, 2.45) is 13.0 Å². The van der Waals surface area contributed by atoms with Gasteiger partial charge in [0.05, 0.1) is 12.4 Å². The quantitative estimate of drug-likeness (QED) is 0.859. The second kappa shape index (κ2) is 5.07. The summed E-state index contributed by atoms with van der Waals surface area (Å²) in [5.74, 6) is -0.0762. The molecule has 1 fully saturated rings. The summed E-state index contributed by atoms with van der Waals surface area (Å²) >= 11 is 0. The van der Waals surface area contributed by atoms with Gasteiger partial charge in [0.2, 0.25) is 0 Å². The predicted octanol–water partition coefficient (Wildman–Crippen LogP) is 2.13. The topological polar surface area (TPSA) is 38.1 Å². The third-order valence-corrected chi connectivity index (χ3v) is 3.63. The lowest BCUT2D eigenvalue weighted by atomic mass is 10.0. The van der Waals surface area contributed by atoms with Gasteiger partial charge in [0.25, 0.3) is 5.91 Å². The highest BCUT2D eigenvalue weighted by Crippen LogP contribution is 2.22. The molecule has 1 amide bonds. The van der Waals surface area contributed by atoms with E-state index in [4.69, 9.17) is 0 Å². The minimum Gasteiger partial charge on any atom is -0.336 e. The Balaban J connectivity index is 1.81. The monoisotopic (exact) mass is 273 g/mol. The van der Waals surface area contributed by atoms with Gasteiger partial charge < -0.3 is 4.90 Å². The summed E-state index contributed by atoms with van der Waals surface area (Å²) in [6.07, 6.45) is 0. The number of halogens is 1. The van der Waals surface area contributed by atoms with Gasteiger partial charge in [-0.05, 0) is 6.07 Å². The number of aromatic nitrogens is 2. The van der Waals surface area contributed by atoms with E-state index in [-0.39, 0.29) is 18.5 Å². The van der Waals surface area contributed by atoms with E-state index in [1.807, 2.05) is 30.3 Å². The van der Waals surface area contributed by atoms with Gasteiger partial charge in [-0.1, -0.05) is 30.3 Å². The van der Waals surface area contributed by atoms with E-state index >= 15 is 0 Å². The van der Waals surface area contributed by atoms with E-state index in [0.717, 1.165) is 11.3 Å². The molecule has 2 aromatic rings. The van der Waals surface area contributed by atoms with Crippen LogP contribution in [0.15, 0.2) is 36.4 Å². The second-order valence-electron chi connectivity index (χ2n) is 5.13. The molecule has 1 aliphatic heterocycles. The molecule has 0 aliphatic carbocycles. The van der Waals surface area contributed by atoms with Gasteiger partial charge in [-0.2, -0.15) is 5.10 Å². The minimum absolute atomic E-state index is 0.000714. The number of alkyl halides is 1. The van der Waals surface area contributed by atoms with Gasteiger partial charge in [0.1, 0.15) is 5.69 Å². The summed E-state index contributed by atoms with van der Waals surface area (Å²) in [6, 6.07) is 11.5. The molecule has 0 spiro atoms. The average Bonchev–Trinajstić information content (AvgIpc) is 2.80. The first-order chi connectivity index (χ1) is 9.69. The van der Waals surface area contributed by atoms with Crippen molar-refractivity contribution >= 4 is 5.91 Å². The number of hydrogen-bond donors (Lipinski definition) is 0. The van der Waals surface area contributed by atoms with Crippen molar-refractivity contribution in [3.8, 4) is 11.3 Å². The van der Waals surface area contributed by atoms with Crippen LogP contribution in [0.1, 0.15) is 10.5 Å². The van der Waals surface area contributed by atoms with E-state index in [9.17, 15) is 9.18 Å². The summed E-state index contributed by atoms with van der Waals surface area (Å²) in [5.41, 5.74) is 2.30. The SMILES string of the molecule is Cn1nc(-c2ccccc2)cc1C(=O)N1CC(CF)C1. The van der Waals surface area contributed by atoms with Crippen LogP contribution in [0.4, 0.5) is 4.39 Å². The molecule has 20 heavy (non-hydrogen) atoms. The fourth-order valence-corrected chi connectivity index (χ4v) is 2.41. The highest BCUT2D eigenvalue weighted by atomic mass is 19.1. The van der Waals surface area contributed by atoms with Gasteiger partial charge in [0.15, 0.2) is 0 Å². The fraction of sp³-hybridized carbons (Fsp3) is 0.333. The van der Waals surface area contributed by atoms with Crippen LogP contribution >= 0.6 is 0 Å². The Hall–Kier alpha value is -2.17. The molecule has 3 rings (SSSR count). The van der Waals surface area contributed by atoms with Crippen LogP contribution in [0.3, 0.4) is 0 Å². The second-order valence-corrected chi connectivity index (χ2v) is 5.13. The number of carbonyl (C=O) groups is 1. The number of rotatable bonds is 3. The number of benzene rings is 1. The highest BCUT2D eigenvalue weighted by Gasteiger charge is 2.32. The zero-order chi connectivity index (χ0) is 14.1. The van der Waals surface area contributed by atoms with Crippen LogP contribution < -0.4 is 0 Å². The lowest BCUT2D eigenvalue weighted by molar-refractivity contribution is 0.0442. The Labute approximate surface area is 116 Å². The van der Waals surface area contributed by atoms with E-state index in [2.05, 4.69) is 5.10 Å². The van der Waals surface area contributed by atoms with Crippen molar-refractivity contribution in [1.82, 2.24) is 14.7 Å².